The Morgan fingerprint density at radius 1 is 0.929 bits per heavy atom. The first-order valence-electron chi connectivity index (χ1n) is 19.9. The van der Waals surface area contributed by atoms with Crippen LogP contribution in [0.3, 0.4) is 0 Å². The third-order valence-electron chi connectivity index (χ3n) is 12.8. The SMILES string of the molecule is CNC1CCN(Cc2cc(C)ccc2-c2cccc(-n3c(=O)n([C@@H]4CC45CCC(NC(C)c4cn6cc(F)ccc6n4)CC5)c(=O)c4cc(F)cnc43)c2)CC1. The van der Waals surface area contributed by atoms with Crippen LogP contribution in [0, 0.1) is 24.0 Å². The molecule has 56 heavy (non-hydrogen) atoms. The molecule has 1 saturated heterocycles. The fourth-order valence-electron chi connectivity index (χ4n) is 9.48. The maximum atomic E-state index is 14.8. The Morgan fingerprint density at radius 2 is 1.73 bits per heavy atom. The van der Waals surface area contributed by atoms with E-state index in [2.05, 4.69) is 63.6 Å². The molecule has 0 radical (unpaired) electrons. The van der Waals surface area contributed by atoms with Crippen LogP contribution in [0.5, 0.6) is 0 Å². The lowest BCUT2D eigenvalue weighted by molar-refractivity contribution is 0.195. The van der Waals surface area contributed by atoms with E-state index in [0.29, 0.717) is 17.4 Å². The highest BCUT2D eigenvalue weighted by Gasteiger charge is 2.57. The van der Waals surface area contributed by atoms with Crippen LogP contribution >= 0.6 is 0 Å². The molecule has 10 nitrogen and oxygen atoms in total. The number of rotatable bonds is 9. The monoisotopic (exact) mass is 758 g/mol. The molecule has 2 aromatic carbocycles. The van der Waals surface area contributed by atoms with E-state index in [1.807, 2.05) is 31.4 Å². The molecule has 2 aliphatic carbocycles. The third kappa shape index (κ3) is 6.77. The van der Waals surface area contributed by atoms with Gasteiger partial charge in [-0.1, -0.05) is 35.9 Å². The maximum Gasteiger partial charge on any atom is 0.337 e. The number of hydrogen-bond donors (Lipinski definition) is 2. The highest BCUT2D eigenvalue weighted by Crippen LogP contribution is 2.63. The molecule has 9 rings (SSSR count). The number of pyridine rings is 2. The minimum absolute atomic E-state index is 0.0349. The van der Waals surface area contributed by atoms with E-state index < -0.39 is 17.1 Å². The minimum Gasteiger partial charge on any atom is -0.317 e. The van der Waals surface area contributed by atoms with Gasteiger partial charge < -0.3 is 15.0 Å². The smallest absolute Gasteiger partial charge is 0.317 e. The summed E-state index contributed by atoms with van der Waals surface area (Å²) < 4.78 is 33.1. The summed E-state index contributed by atoms with van der Waals surface area (Å²) in [6.45, 7) is 7.05. The van der Waals surface area contributed by atoms with E-state index in [9.17, 15) is 18.4 Å². The number of hydrogen-bond acceptors (Lipinski definition) is 7. The summed E-state index contributed by atoms with van der Waals surface area (Å²) in [6, 6.07) is 19.1. The second-order valence-corrected chi connectivity index (χ2v) is 16.4. The molecule has 2 atom stereocenters. The summed E-state index contributed by atoms with van der Waals surface area (Å²) in [5.41, 5.74) is 5.61. The molecule has 3 aliphatic rings. The molecular weight excluding hydrogens is 711 g/mol. The molecule has 1 unspecified atom stereocenters. The van der Waals surface area contributed by atoms with Gasteiger partial charge in [0.25, 0.3) is 5.56 Å². The Bertz CT molecular complexity index is 2560. The number of nitrogens with one attached hydrogen (secondary N) is 2. The minimum atomic E-state index is -0.620. The molecule has 0 bridgehead atoms. The van der Waals surface area contributed by atoms with Crippen LogP contribution in [0.4, 0.5) is 8.78 Å². The number of aromatic nitrogens is 5. The average Bonchev–Trinajstić information content (AvgIpc) is 3.69. The molecule has 12 heteroatoms. The van der Waals surface area contributed by atoms with Crippen LogP contribution in [0.25, 0.3) is 33.5 Å². The van der Waals surface area contributed by atoms with E-state index in [1.54, 1.807) is 10.5 Å². The van der Waals surface area contributed by atoms with Gasteiger partial charge in [-0.3, -0.25) is 14.3 Å². The van der Waals surface area contributed by atoms with E-state index in [4.69, 9.17) is 0 Å². The zero-order valence-electron chi connectivity index (χ0n) is 32.1. The van der Waals surface area contributed by atoms with Crippen LogP contribution in [0.2, 0.25) is 0 Å². The van der Waals surface area contributed by atoms with E-state index >= 15 is 0 Å². The Labute approximate surface area is 324 Å². The normalized spacial score (nSPS) is 22.3. The van der Waals surface area contributed by atoms with Crippen molar-refractivity contribution < 1.29 is 8.78 Å². The van der Waals surface area contributed by atoms with Crippen molar-refractivity contribution in [1.82, 2.24) is 39.0 Å². The topological polar surface area (TPSA) is 101 Å². The fraction of sp³-hybridized carbons (Fsp3) is 0.409. The van der Waals surface area contributed by atoms with Gasteiger partial charge in [-0.25, -0.2) is 28.1 Å². The largest absolute Gasteiger partial charge is 0.337 e. The zero-order valence-corrected chi connectivity index (χ0v) is 32.1. The highest BCUT2D eigenvalue weighted by atomic mass is 19.1. The van der Waals surface area contributed by atoms with Gasteiger partial charge in [0.05, 0.1) is 23.0 Å². The van der Waals surface area contributed by atoms with Gasteiger partial charge in [0.1, 0.15) is 17.3 Å². The molecule has 4 aromatic heterocycles. The van der Waals surface area contributed by atoms with Crippen molar-refractivity contribution in [2.45, 2.75) is 89.5 Å². The summed E-state index contributed by atoms with van der Waals surface area (Å²) in [6.07, 6.45) is 10.7. The Kier molecular flexibility index (Phi) is 9.46. The Hall–Kier alpha value is -5.04. The molecule has 3 fully saturated rings. The van der Waals surface area contributed by atoms with E-state index in [-0.39, 0.29) is 40.4 Å². The Morgan fingerprint density at radius 3 is 2.52 bits per heavy atom. The molecule has 1 spiro atoms. The lowest BCUT2D eigenvalue weighted by Gasteiger charge is -2.32. The van der Waals surface area contributed by atoms with Crippen molar-refractivity contribution in [2.24, 2.45) is 5.41 Å². The lowest BCUT2D eigenvalue weighted by atomic mass is 9.82. The first kappa shape index (κ1) is 36.6. The first-order valence-corrected chi connectivity index (χ1v) is 19.9. The molecule has 0 amide bonds. The van der Waals surface area contributed by atoms with Crippen molar-refractivity contribution in [1.29, 1.82) is 0 Å². The molecule has 2 saturated carbocycles. The summed E-state index contributed by atoms with van der Waals surface area (Å²) in [4.78, 5) is 40.3. The molecule has 1 aliphatic heterocycles. The van der Waals surface area contributed by atoms with Crippen LogP contribution < -0.4 is 21.9 Å². The van der Waals surface area contributed by atoms with Crippen molar-refractivity contribution in [3.05, 3.63) is 129 Å². The van der Waals surface area contributed by atoms with Gasteiger partial charge in [0.2, 0.25) is 0 Å². The van der Waals surface area contributed by atoms with Crippen LogP contribution in [-0.4, -0.2) is 60.6 Å². The highest BCUT2D eigenvalue weighted by molar-refractivity contribution is 5.77. The number of likely N-dealkylation sites (tertiary alicyclic amines) is 1. The summed E-state index contributed by atoms with van der Waals surface area (Å²) >= 11 is 0. The quantitative estimate of drug-likeness (QED) is 0.166. The number of nitrogens with zero attached hydrogens (tertiary/aromatic N) is 6. The third-order valence-corrected chi connectivity index (χ3v) is 12.8. The number of piperidine rings is 1. The van der Waals surface area contributed by atoms with Crippen molar-refractivity contribution >= 4 is 16.7 Å². The maximum absolute atomic E-state index is 14.8. The number of imidazole rings is 1. The average molecular weight is 759 g/mol. The molecular formula is C44H48F2N8O2. The summed E-state index contributed by atoms with van der Waals surface area (Å²) in [5.74, 6) is -0.932. The second kappa shape index (κ2) is 14.5. The van der Waals surface area contributed by atoms with Gasteiger partial charge in [0.15, 0.2) is 5.65 Å². The van der Waals surface area contributed by atoms with Crippen molar-refractivity contribution in [2.75, 3.05) is 20.1 Å². The van der Waals surface area contributed by atoms with Crippen molar-refractivity contribution in [3.63, 3.8) is 0 Å². The fourth-order valence-corrected chi connectivity index (χ4v) is 9.48. The van der Waals surface area contributed by atoms with Gasteiger partial charge in [-0.05, 0) is 131 Å². The number of aryl methyl sites for hydroxylation is 1. The van der Waals surface area contributed by atoms with Gasteiger partial charge in [-0.15, -0.1) is 0 Å². The molecule has 6 aromatic rings. The summed E-state index contributed by atoms with van der Waals surface area (Å²) in [5, 5.41) is 7.21. The standard InChI is InChI=1S/C44H48F2N8O2/c1-27-7-9-36(30(19-27)24-51-17-13-33(47-3)14-18-51)29-5-4-6-35(20-29)53-41-37(21-32(46)23-48-41)42(55)54(43(53)56)39-22-44(39)15-11-34(12-16-44)49-28(2)38-26-52-25-31(45)8-10-40(52)50-38/h4-10,19-21,23,25-26,28,33-34,39,47,49H,11-18,22,24H2,1-3H3/t28?,34?,39-,44?/m1/s1. The number of benzene rings is 2. The van der Waals surface area contributed by atoms with Crippen molar-refractivity contribution in [3.8, 4) is 16.8 Å². The van der Waals surface area contributed by atoms with E-state index in [1.165, 1.54) is 38.6 Å². The van der Waals surface area contributed by atoms with Gasteiger partial charge in [0, 0.05) is 43.1 Å². The number of halogens is 2. The van der Waals surface area contributed by atoms with E-state index in [0.717, 1.165) is 87.6 Å². The predicted molar refractivity (Wildman–Crippen MR) is 214 cm³/mol. The zero-order chi connectivity index (χ0) is 38.7. The molecule has 290 valence electrons. The van der Waals surface area contributed by atoms with Crippen LogP contribution in [0.1, 0.15) is 80.8 Å². The van der Waals surface area contributed by atoms with Crippen LogP contribution in [0.15, 0.2) is 88.8 Å². The number of fused-ring (bicyclic) bond motifs is 2. The lowest BCUT2D eigenvalue weighted by Crippen LogP contribution is -2.41. The summed E-state index contributed by atoms with van der Waals surface area (Å²) in [7, 11) is 2.03. The second-order valence-electron chi connectivity index (χ2n) is 16.4. The first-order chi connectivity index (χ1) is 27.1. The predicted octanol–water partition coefficient (Wildman–Crippen LogP) is 6.86. The molecule has 5 heterocycles. The molecule has 2 N–H and O–H groups in total. The van der Waals surface area contributed by atoms with Gasteiger partial charge in [-0.2, -0.15) is 0 Å². The van der Waals surface area contributed by atoms with Crippen LogP contribution in [-0.2, 0) is 6.54 Å². The van der Waals surface area contributed by atoms with Gasteiger partial charge >= 0.3 is 5.69 Å². The Balaban J connectivity index is 0.995.